The number of ether oxygens (including phenoxy) is 1. The molecule has 0 spiro atoms. The lowest BCUT2D eigenvalue weighted by Crippen LogP contribution is -2.42. The highest BCUT2D eigenvalue weighted by Gasteiger charge is 2.31. The lowest BCUT2D eigenvalue weighted by atomic mass is 9.87. The van der Waals surface area contributed by atoms with E-state index in [1.807, 2.05) is 13.8 Å². The number of hydrogen-bond acceptors (Lipinski definition) is 3. The van der Waals surface area contributed by atoms with Crippen LogP contribution in [0.15, 0.2) is 18.2 Å². The maximum atomic E-state index is 13.5. The first kappa shape index (κ1) is 14.9. The molecular weight excluding hydrogens is 235 g/mol. The Hall–Kier alpha value is -1.13. The molecular formula is C14H21FO3. The normalized spacial score (nSPS) is 13.4. The molecule has 1 unspecified atom stereocenters. The Morgan fingerprint density at radius 1 is 1.33 bits per heavy atom. The van der Waals surface area contributed by atoms with Crippen LogP contribution in [0.4, 0.5) is 4.39 Å². The van der Waals surface area contributed by atoms with Gasteiger partial charge in [-0.25, -0.2) is 4.39 Å². The van der Waals surface area contributed by atoms with E-state index in [1.54, 1.807) is 6.07 Å². The Morgan fingerprint density at radius 2 is 1.94 bits per heavy atom. The predicted molar refractivity (Wildman–Crippen MR) is 68.2 cm³/mol. The molecule has 0 aliphatic carbocycles. The van der Waals surface area contributed by atoms with Gasteiger partial charge in [-0.2, -0.15) is 0 Å². The van der Waals surface area contributed by atoms with E-state index in [4.69, 9.17) is 4.74 Å². The molecule has 18 heavy (non-hydrogen) atoms. The van der Waals surface area contributed by atoms with Crippen molar-refractivity contribution in [3.05, 3.63) is 29.6 Å². The summed E-state index contributed by atoms with van der Waals surface area (Å²) < 4.78 is 18.3. The second-order valence-electron chi connectivity index (χ2n) is 4.50. The van der Waals surface area contributed by atoms with Crippen LogP contribution in [0.25, 0.3) is 0 Å². The molecule has 0 bridgehead atoms. The molecule has 0 aliphatic rings. The van der Waals surface area contributed by atoms with Crippen molar-refractivity contribution in [3.8, 4) is 5.75 Å². The molecule has 0 heterocycles. The largest absolute Gasteiger partial charge is 0.494 e. The van der Waals surface area contributed by atoms with Crippen LogP contribution in [0.2, 0.25) is 0 Å². The standard InChI is InChI=1S/C14H21FO3/c1-4-14(17,5-2)13(16)9-10-6-7-12(18-3)11(15)8-10/h6-8,13,16-17H,4-5,9H2,1-3H3. The highest BCUT2D eigenvalue weighted by molar-refractivity contribution is 5.29. The van der Waals surface area contributed by atoms with Gasteiger partial charge in [0.15, 0.2) is 11.6 Å². The van der Waals surface area contributed by atoms with Crippen LogP contribution in [0.3, 0.4) is 0 Å². The minimum absolute atomic E-state index is 0.175. The molecule has 2 N–H and O–H groups in total. The van der Waals surface area contributed by atoms with E-state index in [-0.39, 0.29) is 12.2 Å². The van der Waals surface area contributed by atoms with Crippen LogP contribution in [0, 0.1) is 5.82 Å². The summed E-state index contributed by atoms with van der Waals surface area (Å²) in [5, 5.41) is 20.2. The molecule has 0 radical (unpaired) electrons. The second-order valence-corrected chi connectivity index (χ2v) is 4.50. The van der Waals surface area contributed by atoms with Crippen LogP contribution >= 0.6 is 0 Å². The average molecular weight is 256 g/mol. The van der Waals surface area contributed by atoms with Crippen LogP contribution in [-0.4, -0.2) is 29.0 Å². The molecule has 0 aliphatic heterocycles. The van der Waals surface area contributed by atoms with Crippen molar-refractivity contribution in [1.82, 2.24) is 0 Å². The summed E-state index contributed by atoms with van der Waals surface area (Å²) in [4.78, 5) is 0. The Bertz CT molecular complexity index is 389. The van der Waals surface area contributed by atoms with Gasteiger partial charge in [0.2, 0.25) is 0 Å². The molecule has 1 rings (SSSR count). The summed E-state index contributed by atoms with van der Waals surface area (Å²) in [5.74, 6) is -0.284. The van der Waals surface area contributed by atoms with Crippen molar-refractivity contribution in [1.29, 1.82) is 0 Å². The maximum absolute atomic E-state index is 13.5. The van der Waals surface area contributed by atoms with Crippen molar-refractivity contribution in [3.63, 3.8) is 0 Å². The number of benzene rings is 1. The zero-order valence-corrected chi connectivity index (χ0v) is 11.1. The van der Waals surface area contributed by atoms with Gasteiger partial charge in [-0.3, -0.25) is 0 Å². The minimum atomic E-state index is -1.11. The first-order valence-electron chi connectivity index (χ1n) is 6.19. The fraction of sp³-hybridized carbons (Fsp3) is 0.571. The molecule has 1 aromatic rings. The third-order valence-electron chi connectivity index (χ3n) is 3.49. The molecule has 3 nitrogen and oxygen atoms in total. The van der Waals surface area contributed by atoms with E-state index >= 15 is 0 Å². The van der Waals surface area contributed by atoms with E-state index < -0.39 is 17.5 Å². The van der Waals surface area contributed by atoms with Crippen molar-refractivity contribution >= 4 is 0 Å². The maximum Gasteiger partial charge on any atom is 0.165 e. The van der Waals surface area contributed by atoms with Gasteiger partial charge >= 0.3 is 0 Å². The number of rotatable bonds is 6. The number of aliphatic hydroxyl groups is 2. The van der Waals surface area contributed by atoms with Gasteiger partial charge in [-0.1, -0.05) is 19.9 Å². The third kappa shape index (κ3) is 3.21. The summed E-state index contributed by atoms with van der Waals surface area (Å²) in [6.07, 6.45) is 0.242. The lowest BCUT2D eigenvalue weighted by Gasteiger charge is -2.31. The summed E-state index contributed by atoms with van der Waals surface area (Å²) in [7, 11) is 1.40. The second kappa shape index (κ2) is 6.16. The minimum Gasteiger partial charge on any atom is -0.494 e. The Kier molecular flexibility index (Phi) is 5.11. The van der Waals surface area contributed by atoms with Crippen molar-refractivity contribution in [2.24, 2.45) is 0 Å². The quantitative estimate of drug-likeness (QED) is 0.821. The van der Waals surface area contributed by atoms with Crippen LogP contribution in [-0.2, 0) is 6.42 Å². The molecule has 102 valence electrons. The van der Waals surface area contributed by atoms with E-state index in [9.17, 15) is 14.6 Å². The summed E-state index contributed by atoms with van der Waals surface area (Å²) >= 11 is 0. The number of hydrogen-bond donors (Lipinski definition) is 2. The van der Waals surface area contributed by atoms with E-state index in [1.165, 1.54) is 19.2 Å². The topological polar surface area (TPSA) is 49.7 Å². The highest BCUT2D eigenvalue weighted by atomic mass is 19.1. The van der Waals surface area contributed by atoms with Gasteiger partial charge < -0.3 is 14.9 Å². The first-order valence-corrected chi connectivity index (χ1v) is 6.19. The van der Waals surface area contributed by atoms with Crippen molar-refractivity contribution in [2.45, 2.75) is 44.8 Å². The summed E-state index contributed by atoms with van der Waals surface area (Å²) in [6, 6.07) is 4.54. The SMILES string of the molecule is CCC(O)(CC)C(O)Cc1ccc(OC)c(F)c1. The van der Waals surface area contributed by atoms with Crippen molar-refractivity contribution in [2.75, 3.05) is 7.11 Å². The first-order chi connectivity index (χ1) is 8.46. The number of aliphatic hydroxyl groups excluding tert-OH is 1. The smallest absolute Gasteiger partial charge is 0.165 e. The molecule has 0 aromatic heterocycles. The van der Waals surface area contributed by atoms with E-state index in [2.05, 4.69) is 0 Å². The van der Waals surface area contributed by atoms with Gasteiger partial charge in [-0.15, -0.1) is 0 Å². The molecule has 1 atom stereocenters. The van der Waals surface area contributed by atoms with Crippen molar-refractivity contribution < 1.29 is 19.3 Å². The summed E-state index contributed by atoms with van der Waals surface area (Å²) in [5.41, 5.74) is -0.475. The van der Waals surface area contributed by atoms with Gasteiger partial charge in [0, 0.05) is 6.42 Å². The van der Waals surface area contributed by atoms with Crippen LogP contribution < -0.4 is 4.74 Å². The van der Waals surface area contributed by atoms with E-state index in [0.717, 1.165) is 0 Å². The third-order valence-corrected chi connectivity index (χ3v) is 3.49. The predicted octanol–water partition coefficient (Wildman–Crippen LogP) is 2.29. The Labute approximate surface area is 107 Å². The zero-order valence-electron chi connectivity index (χ0n) is 11.1. The number of methoxy groups -OCH3 is 1. The van der Waals surface area contributed by atoms with E-state index in [0.29, 0.717) is 18.4 Å². The fourth-order valence-electron chi connectivity index (χ4n) is 1.97. The van der Waals surface area contributed by atoms with Crippen LogP contribution in [0.1, 0.15) is 32.3 Å². The molecule has 0 fully saturated rings. The molecule has 1 aromatic carbocycles. The summed E-state index contributed by atoms with van der Waals surface area (Å²) in [6.45, 7) is 3.64. The fourth-order valence-corrected chi connectivity index (χ4v) is 1.97. The molecule has 0 amide bonds. The highest BCUT2D eigenvalue weighted by Crippen LogP contribution is 2.24. The monoisotopic (exact) mass is 256 g/mol. The van der Waals surface area contributed by atoms with Gasteiger partial charge in [0.25, 0.3) is 0 Å². The van der Waals surface area contributed by atoms with Gasteiger partial charge in [-0.05, 0) is 30.5 Å². The molecule has 0 saturated heterocycles. The van der Waals surface area contributed by atoms with Gasteiger partial charge in [0.1, 0.15) is 0 Å². The molecule has 0 saturated carbocycles. The lowest BCUT2D eigenvalue weighted by molar-refractivity contribution is -0.0790. The van der Waals surface area contributed by atoms with Crippen LogP contribution in [0.5, 0.6) is 5.75 Å². The number of halogens is 1. The average Bonchev–Trinajstić information content (AvgIpc) is 2.38. The van der Waals surface area contributed by atoms with Gasteiger partial charge in [0.05, 0.1) is 18.8 Å². The molecule has 4 heteroatoms. The Balaban J connectivity index is 2.82. The zero-order chi connectivity index (χ0) is 13.8. The Morgan fingerprint density at radius 3 is 2.39 bits per heavy atom.